The maximum absolute atomic E-state index is 10.8. The number of fused-ring (bicyclic) bond motifs is 1. The third-order valence-corrected chi connectivity index (χ3v) is 7.00. The Morgan fingerprint density at radius 3 is 2.97 bits per heavy atom. The zero-order valence-corrected chi connectivity index (χ0v) is 19.1. The number of nitrogens with two attached hydrogens (primary N) is 1. The van der Waals surface area contributed by atoms with E-state index in [1.807, 2.05) is 18.2 Å². The second-order valence-electron chi connectivity index (χ2n) is 8.03. The van der Waals surface area contributed by atoms with Crippen LogP contribution in [0.1, 0.15) is 25.7 Å². The van der Waals surface area contributed by atoms with Gasteiger partial charge in [-0.1, -0.05) is 11.6 Å². The van der Waals surface area contributed by atoms with E-state index in [1.54, 1.807) is 0 Å². The number of hydrogen-bond donors (Lipinski definition) is 2. The number of aliphatic imine (C=N–C) groups is 2. The molecule has 0 amide bonds. The molecular weight excluding hydrogens is 486 g/mol. The van der Waals surface area contributed by atoms with E-state index in [4.69, 9.17) is 32.2 Å². The number of aliphatic carboxylic acids is 1. The molecule has 1 aromatic heterocycles. The van der Waals surface area contributed by atoms with Crippen LogP contribution in [0.2, 0.25) is 5.02 Å². The molecule has 1 saturated heterocycles. The van der Waals surface area contributed by atoms with Crippen LogP contribution < -0.4 is 10.6 Å². The summed E-state index contributed by atoms with van der Waals surface area (Å²) in [4.78, 5) is 26.3. The Balaban J connectivity index is 1.67. The van der Waals surface area contributed by atoms with Crippen molar-refractivity contribution in [1.29, 1.82) is 0 Å². The molecule has 2 heterocycles. The highest BCUT2D eigenvalue weighted by molar-refractivity contribution is 9.10. The van der Waals surface area contributed by atoms with Gasteiger partial charge in [0.05, 0.1) is 48.2 Å². The van der Waals surface area contributed by atoms with Crippen LogP contribution in [0.3, 0.4) is 0 Å². The van der Waals surface area contributed by atoms with E-state index in [1.165, 1.54) is 25.5 Å². The lowest BCUT2D eigenvalue weighted by atomic mass is 10.0. The molecule has 2 aliphatic rings. The molecule has 1 saturated carbocycles. The number of rotatable bonds is 8. The first-order chi connectivity index (χ1) is 14.9. The number of pyridine rings is 1. The van der Waals surface area contributed by atoms with E-state index in [-0.39, 0.29) is 19.1 Å². The van der Waals surface area contributed by atoms with Crippen LogP contribution in [-0.2, 0) is 9.53 Å². The zero-order chi connectivity index (χ0) is 22.0. The maximum Gasteiger partial charge on any atom is 0.305 e. The number of carbonyl (C=O) groups is 1. The average Bonchev–Trinajstić information content (AvgIpc) is 3.38. The average molecular weight is 509 g/mol. The van der Waals surface area contributed by atoms with Crippen molar-refractivity contribution < 1.29 is 14.6 Å². The highest BCUT2D eigenvalue weighted by atomic mass is 79.9. The van der Waals surface area contributed by atoms with E-state index < -0.39 is 5.97 Å². The fourth-order valence-electron chi connectivity index (χ4n) is 4.08. The Labute approximate surface area is 193 Å². The number of hydrogen-bond acceptors (Lipinski definition) is 5. The Morgan fingerprint density at radius 2 is 2.26 bits per heavy atom. The number of carboxylic acid groups (broad SMARTS) is 1. The third-order valence-electron chi connectivity index (χ3n) is 5.80. The summed E-state index contributed by atoms with van der Waals surface area (Å²) in [7, 11) is 0. The molecule has 0 radical (unpaired) electrons. The van der Waals surface area contributed by atoms with Crippen molar-refractivity contribution in [2.45, 2.75) is 31.7 Å². The van der Waals surface area contributed by atoms with Crippen LogP contribution in [0, 0.1) is 5.41 Å². The van der Waals surface area contributed by atoms with Crippen molar-refractivity contribution in [3.05, 3.63) is 27.7 Å². The standard InChI is InChI=1S/C21H23BrClN5O3/c22-15-6-18-14(5-16(15)23)17(26-12-25-11-24)7-19(27-18)28-10-21(2-3-21)8-13(28)9-31-4-1-20(29)30/h5-7,11-13H,1-4,8-10H2,(H,29,30)(H2,24,25,26,27)/t13-/m0/s1. The van der Waals surface area contributed by atoms with Gasteiger partial charge < -0.3 is 20.5 Å². The Kier molecular flexibility index (Phi) is 6.45. The Morgan fingerprint density at radius 1 is 1.45 bits per heavy atom. The lowest BCUT2D eigenvalue weighted by Gasteiger charge is -2.26. The van der Waals surface area contributed by atoms with Crippen LogP contribution in [0.25, 0.3) is 10.9 Å². The minimum absolute atomic E-state index is 0.00139. The lowest BCUT2D eigenvalue weighted by molar-refractivity contribution is -0.138. The molecule has 0 bridgehead atoms. The normalized spacial score (nSPS) is 19.9. The Hall–Kier alpha value is -2.23. The van der Waals surface area contributed by atoms with E-state index >= 15 is 0 Å². The predicted molar refractivity (Wildman–Crippen MR) is 126 cm³/mol. The molecule has 3 N–H and O–H groups in total. The molecule has 1 aliphatic heterocycles. The summed E-state index contributed by atoms with van der Waals surface area (Å²) in [5.41, 5.74) is 7.10. The van der Waals surface area contributed by atoms with Gasteiger partial charge in [-0.3, -0.25) is 4.79 Å². The van der Waals surface area contributed by atoms with Crippen molar-refractivity contribution in [3.8, 4) is 0 Å². The molecule has 0 unspecified atom stereocenters. The van der Waals surface area contributed by atoms with Gasteiger partial charge in [0.25, 0.3) is 0 Å². The van der Waals surface area contributed by atoms with Crippen molar-refractivity contribution in [2.75, 3.05) is 24.7 Å². The highest BCUT2D eigenvalue weighted by Gasteiger charge is 2.52. The van der Waals surface area contributed by atoms with Gasteiger partial charge in [-0.05, 0) is 52.7 Å². The highest BCUT2D eigenvalue weighted by Crippen LogP contribution is 2.55. The third kappa shape index (κ3) is 4.99. The topological polar surface area (TPSA) is 113 Å². The molecule has 4 rings (SSSR count). The minimum atomic E-state index is -0.856. The molecule has 10 heteroatoms. The Bertz CT molecular complexity index is 1060. The first-order valence-electron chi connectivity index (χ1n) is 10.0. The van der Waals surface area contributed by atoms with E-state index in [0.29, 0.717) is 22.7 Å². The summed E-state index contributed by atoms with van der Waals surface area (Å²) >= 11 is 9.78. The quantitative estimate of drug-likeness (QED) is 0.315. The molecule has 164 valence electrons. The monoisotopic (exact) mass is 507 g/mol. The van der Waals surface area contributed by atoms with Gasteiger partial charge in [-0.2, -0.15) is 0 Å². The summed E-state index contributed by atoms with van der Waals surface area (Å²) in [5, 5.41) is 10.2. The van der Waals surface area contributed by atoms with Gasteiger partial charge in [-0.15, -0.1) is 0 Å². The SMILES string of the molecule is NC=NC=Nc1cc(N2CC3(CC3)C[C@H]2COCCC(=O)O)nc2cc(Br)c(Cl)cc12. The largest absolute Gasteiger partial charge is 0.481 e. The van der Waals surface area contributed by atoms with Crippen molar-refractivity contribution in [1.82, 2.24) is 4.98 Å². The van der Waals surface area contributed by atoms with Gasteiger partial charge in [0.2, 0.25) is 0 Å². The number of anilines is 1. The first-order valence-corrected chi connectivity index (χ1v) is 11.2. The predicted octanol–water partition coefficient (Wildman–Crippen LogP) is 4.15. The number of aromatic nitrogens is 1. The molecule has 2 fully saturated rings. The summed E-state index contributed by atoms with van der Waals surface area (Å²) in [5.74, 6) is -0.0498. The van der Waals surface area contributed by atoms with Crippen molar-refractivity contribution in [3.63, 3.8) is 0 Å². The molecule has 2 aromatic rings. The van der Waals surface area contributed by atoms with Gasteiger partial charge >= 0.3 is 5.97 Å². The van der Waals surface area contributed by atoms with Gasteiger partial charge in [0.1, 0.15) is 12.2 Å². The smallest absolute Gasteiger partial charge is 0.305 e. The number of carboxylic acids is 1. The van der Waals surface area contributed by atoms with Gasteiger partial charge in [-0.25, -0.2) is 15.0 Å². The van der Waals surface area contributed by atoms with Crippen LogP contribution in [-0.4, -0.2) is 54.5 Å². The molecular formula is C21H23BrClN5O3. The fourth-order valence-corrected chi connectivity index (χ4v) is 4.57. The summed E-state index contributed by atoms with van der Waals surface area (Å²) < 4.78 is 6.45. The molecule has 1 aromatic carbocycles. The molecule has 1 spiro atoms. The fraction of sp³-hybridized carbons (Fsp3) is 0.429. The van der Waals surface area contributed by atoms with E-state index in [2.05, 4.69) is 30.8 Å². The number of nitrogens with zero attached hydrogens (tertiary/aromatic N) is 4. The van der Waals surface area contributed by atoms with Crippen LogP contribution in [0.4, 0.5) is 11.5 Å². The molecule has 1 atom stereocenters. The van der Waals surface area contributed by atoms with Crippen molar-refractivity contribution >= 4 is 68.6 Å². The molecule has 1 aliphatic carbocycles. The van der Waals surface area contributed by atoms with Gasteiger partial charge in [0, 0.05) is 22.5 Å². The number of ether oxygens (including phenoxy) is 1. The van der Waals surface area contributed by atoms with E-state index in [0.717, 1.165) is 34.2 Å². The number of benzene rings is 1. The second-order valence-corrected chi connectivity index (χ2v) is 9.29. The summed E-state index contributed by atoms with van der Waals surface area (Å²) in [6, 6.07) is 5.78. The van der Waals surface area contributed by atoms with Crippen molar-refractivity contribution in [2.24, 2.45) is 21.1 Å². The lowest BCUT2D eigenvalue weighted by Crippen LogP contribution is -2.34. The zero-order valence-electron chi connectivity index (χ0n) is 16.8. The van der Waals surface area contributed by atoms with Crippen LogP contribution in [0.15, 0.2) is 32.7 Å². The van der Waals surface area contributed by atoms with Gasteiger partial charge in [0.15, 0.2) is 0 Å². The van der Waals surface area contributed by atoms with Crippen LogP contribution in [0.5, 0.6) is 0 Å². The minimum Gasteiger partial charge on any atom is -0.481 e. The second kappa shape index (κ2) is 9.10. The van der Waals surface area contributed by atoms with E-state index in [9.17, 15) is 4.79 Å². The van der Waals surface area contributed by atoms with Crippen LogP contribution >= 0.6 is 27.5 Å². The summed E-state index contributed by atoms with van der Waals surface area (Å²) in [6.45, 7) is 1.57. The first kappa shape index (κ1) is 22.0. The summed E-state index contributed by atoms with van der Waals surface area (Å²) in [6.07, 6.45) is 5.98. The molecule has 31 heavy (non-hydrogen) atoms. The molecule has 8 nitrogen and oxygen atoms in total. The maximum atomic E-state index is 10.8. The number of halogens is 2.